The van der Waals surface area contributed by atoms with Crippen LogP contribution in [0.5, 0.6) is 5.75 Å². The van der Waals surface area contributed by atoms with Crippen molar-refractivity contribution in [2.45, 2.75) is 39.0 Å². The number of ether oxygens (including phenoxy) is 2. The van der Waals surface area contributed by atoms with Gasteiger partial charge >= 0.3 is 5.97 Å². The van der Waals surface area contributed by atoms with E-state index in [0.717, 1.165) is 48.4 Å². The van der Waals surface area contributed by atoms with E-state index in [1.165, 1.54) is 25.0 Å². The van der Waals surface area contributed by atoms with Crippen LogP contribution in [0, 0.1) is 0 Å². The molecule has 1 aliphatic heterocycles. The normalized spacial score (nSPS) is 18.0. The van der Waals surface area contributed by atoms with Gasteiger partial charge in [0.2, 0.25) is 0 Å². The first-order valence-electron chi connectivity index (χ1n) is 9.23. The molecular weight excluding hydrogens is 314 g/mol. The highest BCUT2D eigenvalue weighted by Crippen LogP contribution is 2.34. The van der Waals surface area contributed by atoms with E-state index in [1.807, 2.05) is 31.2 Å². The van der Waals surface area contributed by atoms with Crippen LogP contribution in [0.1, 0.15) is 44.6 Å². The molecule has 3 rings (SSSR count). The summed E-state index contributed by atoms with van der Waals surface area (Å²) in [6.45, 7) is 4.50. The van der Waals surface area contributed by atoms with Crippen molar-refractivity contribution in [3.63, 3.8) is 0 Å². The number of hydrogen-bond donors (Lipinski definition) is 0. The van der Waals surface area contributed by atoms with Gasteiger partial charge in [-0.15, -0.1) is 0 Å². The first kappa shape index (κ1) is 17.6. The number of nitrogens with zero attached hydrogens (tertiary/aromatic N) is 1. The number of carbonyl (C=O) groups is 1. The Balaban J connectivity index is 1.96. The molecule has 25 heavy (non-hydrogen) atoms. The van der Waals surface area contributed by atoms with Crippen LogP contribution in [0.4, 0.5) is 0 Å². The molecule has 1 fully saturated rings. The third kappa shape index (κ3) is 4.06. The molecule has 0 amide bonds. The number of esters is 1. The van der Waals surface area contributed by atoms with Gasteiger partial charge in [0, 0.05) is 24.4 Å². The summed E-state index contributed by atoms with van der Waals surface area (Å²) >= 11 is 0. The predicted molar refractivity (Wildman–Crippen MR) is 99.3 cm³/mol. The highest BCUT2D eigenvalue weighted by Gasteiger charge is 2.24. The summed E-state index contributed by atoms with van der Waals surface area (Å²) in [6.07, 6.45) is 7.67. The maximum atomic E-state index is 12.4. The lowest BCUT2D eigenvalue weighted by molar-refractivity contribution is -0.138. The molecule has 1 aromatic rings. The zero-order chi connectivity index (χ0) is 17.6. The van der Waals surface area contributed by atoms with Crippen molar-refractivity contribution in [2.24, 2.45) is 0 Å². The minimum Gasteiger partial charge on any atom is -0.497 e. The molecule has 4 heteroatoms. The zero-order valence-corrected chi connectivity index (χ0v) is 15.2. The fourth-order valence-electron chi connectivity index (χ4n) is 3.60. The van der Waals surface area contributed by atoms with Crippen molar-refractivity contribution >= 4 is 11.5 Å². The minimum atomic E-state index is -0.192. The van der Waals surface area contributed by atoms with Crippen molar-refractivity contribution in [1.29, 1.82) is 0 Å². The van der Waals surface area contributed by atoms with Crippen molar-refractivity contribution in [2.75, 3.05) is 26.8 Å². The number of allylic oxidation sites excluding steroid dienone is 3. The van der Waals surface area contributed by atoms with E-state index in [9.17, 15) is 4.79 Å². The molecule has 0 saturated carbocycles. The van der Waals surface area contributed by atoms with Crippen LogP contribution in [0.3, 0.4) is 0 Å². The van der Waals surface area contributed by atoms with Gasteiger partial charge < -0.3 is 14.4 Å². The second kappa shape index (κ2) is 8.24. The van der Waals surface area contributed by atoms with Crippen LogP contribution >= 0.6 is 0 Å². The van der Waals surface area contributed by atoms with E-state index in [0.29, 0.717) is 6.61 Å². The lowest BCUT2D eigenvalue weighted by atomic mass is 9.89. The molecular formula is C21H27NO3. The van der Waals surface area contributed by atoms with Gasteiger partial charge in [0.25, 0.3) is 0 Å². The molecule has 0 bridgehead atoms. The molecule has 1 heterocycles. The van der Waals surface area contributed by atoms with Crippen LogP contribution in [-0.4, -0.2) is 37.7 Å². The standard InChI is InChI=1S/C21H27NO3/c1-3-25-21(23)19-12-9-17(22-13-5-4-6-14-22)15-20(19)16-7-10-18(24-2)11-8-16/h7-8,10-11,15H,3-6,9,12-14H2,1-2H3. The van der Waals surface area contributed by atoms with Crippen molar-refractivity contribution in [3.05, 3.63) is 47.2 Å². The Morgan fingerprint density at radius 2 is 1.80 bits per heavy atom. The van der Waals surface area contributed by atoms with Crippen LogP contribution in [0.2, 0.25) is 0 Å². The summed E-state index contributed by atoms with van der Waals surface area (Å²) in [4.78, 5) is 14.9. The van der Waals surface area contributed by atoms with E-state index < -0.39 is 0 Å². The van der Waals surface area contributed by atoms with Crippen molar-refractivity contribution in [1.82, 2.24) is 4.90 Å². The molecule has 1 aromatic carbocycles. The van der Waals surface area contributed by atoms with E-state index in [1.54, 1.807) is 7.11 Å². The monoisotopic (exact) mass is 341 g/mol. The smallest absolute Gasteiger partial charge is 0.334 e. The molecule has 0 N–H and O–H groups in total. The second-order valence-corrected chi connectivity index (χ2v) is 6.52. The summed E-state index contributed by atoms with van der Waals surface area (Å²) in [5.41, 5.74) is 4.16. The van der Waals surface area contributed by atoms with E-state index in [4.69, 9.17) is 9.47 Å². The van der Waals surface area contributed by atoms with Gasteiger partial charge in [-0.25, -0.2) is 4.79 Å². The molecule has 2 aliphatic rings. The Morgan fingerprint density at radius 1 is 1.08 bits per heavy atom. The zero-order valence-electron chi connectivity index (χ0n) is 15.2. The van der Waals surface area contributed by atoms with Crippen LogP contribution < -0.4 is 4.74 Å². The molecule has 0 spiro atoms. The van der Waals surface area contributed by atoms with E-state index in [-0.39, 0.29) is 5.97 Å². The van der Waals surface area contributed by atoms with Crippen LogP contribution in [0.25, 0.3) is 5.57 Å². The Bertz CT molecular complexity index is 667. The topological polar surface area (TPSA) is 38.8 Å². The SMILES string of the molecule is CCOC(=O)C1=C(c2ccc(OC)cc2)C=C(N2CCCCC2)CC1. The van der Waals surface area contributed by atoms with E-state index in [2.05, 4.69) is 11.0 Å². The quantitative estimate of drug-likeness (QED) is 0.753. The predicted octanol–water partition coefficient (Wildman–Crippen LogP) is 4.18. The van der Waals surface area contributed by atoms with Crippen molar-refractivity contribution in [3.8, 4) is 5.75 Å². The Hall–Kier alpha value is -2.23. The van der Waals surface area contributed by atoms with Crippen LogP contribution in [0.15, 0.2) is 41.6 Å². The first-order chi connectivity index (χ1) is 12.2. The Kier molecular flexibility index (Phi) is 5.79. The van der Waals surface area contributed by atoms with Gasteiger partial charge in [-0.1, -0.05) is 12.1 Å². The largest absolute Gasteiger partial charge is 0.497 e. The maximum absolute atomic E-state index is 12.4. The highest BCUT2D eigenvalue weighted by atomic mass is 16.5. The maximum Gasteiger partial charge on any atom is 0.334 e. The van der Waals surface area contributed by atoms with Gasteiger partial charge in [-0.3, -0.25) is 0 Å². The van der Waals surface area contributed by atoms with E-state index >= 15 is 0 Å². The summed E-state index contributed by atoms with van der Waals surface area (Å²) in [5.74, 6) is 0.625. The summed E-state index contributed by atoms with van der Waals surface area (Å²) < 4.78 is 10.5. The summed E-state index contributed by atoms with van der Waals surface area (Å²) in [6, 6.07) is 7.91. The van der Waals surface area contributed by atoms with Gasteiger partial charge in [0.15, 0.2) is 0 Å². The van der Waals surface area contributed by atoms with Gasteiger partial charge in [0.05, 0.1) is 13.7 Å². The molecule has 0 radical (unpaired) electrons. The average molecular weight is 341 g/mol. The molecule has 0 atom stereocenters. The molecule has 1 aliphatic carbocycles. The molecule has 1 saturated heterocycles. The third-order valence-electron chi connectivity index (χ3n) is 4.95. The Morgan fingerprint density at radius 3 is 2.44 bits per heavy atom. The molecule has 4 nitrogen and oxygen atoms in total. The number of piperidine rings is 1. The lowest BCUT2D eigenvalue weighted by Gasteiger charge is -2.33. The third-order valence-corrected chi connectivity index (χ3v) is 4.95. The lowest BCUT2D eigenvalue weighted by Crippen LogP contribution is -2.30. The molecule has 0 unspecified atom stereocenters. The van der Waals surface area contributed by atoms with Crippen molar-refractivity contribution < 1.29 is 14.3 Å². The molecule has 134 valence electrons. The van der Waals surface area contributed by atoms with Gasteiger partial charge in [0.1, 0.15) is 5.75 Å². The fraction of sp³-hybridized carbons (Fsp3) is 0.476. The molecule has 0 aromatic heterocycles. The summed E-state index contributed by atoms with van der Waals surface area (Å²) in [5, 5.41) is 0. The minimum absolute atomic E-state index is 0.192. The van der Waals surface area contributed by atoms with Gasteiger partial charge in [-0.05, 0) is 68.4 Å². The second-order valence-electron chi connectivity index (χ2n) is 6.52. The average Bonchev–Trinajstić information content (AvgIpc) is 2.68. The fourth-order valence-corrected chi connectivity index (χ4v) is 3.60. The van der Waals surface area contributed by atoms with Crippen LogP contribution in [-0.2, 0) is 9.53 Å². The Labute approximate surface area is 150 Å². The number of methoxy groups -OCH3 is 1. The summed E-state index contributed by atoms with van der Waals surface area (Å²) in [7, 11) is 1.66. The highest BCUT2D eigenvalue weighted by molar-refractivity contribution is 6.01. The number of rotatable bonds is 5. The number of hydrogen-bond acceptors (Lipinski definition) is 4. The van der Waals surface area contributed by atoms with Gasteiger partial charge in [-0.2, -0.15) is 0 Å². The number of likely N-dealkylation sites (tertiary alicyclic amines) is 1. The number of carbonyl (C=O) groups excluding carboxylic acids is 1. The first-order valence-corrected chi connectivity index (χ1v) is 9.23. The number of benzene rings is 1.